The number of nitrogens with two attached hydrogens (primary N) is 1. The fourth-order valence-electron chi connectivity index (χ4n) is 4.68. The number of fused-ring (bicyclic) bond motifs is 2. The second kappa shape index (κ2) is 10.2. The summed E-state index contributed by atoms with van der Waals surface area (Å²) in [5, 5.41) is 14.5. The molecule has 0 radical (unpaired) electrons. The smallest absolute Gasteiger partial charge is 0.310 e. The van der Waals surface area contributed by atoms with Crippen LogP contribution < -0.4 is 11.2 Å². The molecule has 0 aliphatic heterocycles. The highest BCUT2D eigenvalue weighted by Gasteiger charge is 2.57. The Bertz CT molecular complexity index is 962. The molecule has 33 heavy (non-hydrogen) atoms. The van der Waals surface area contributed by atoms with E-state index in [0.717, 1.165) is 17.2 Å². The van der Waals surface area contributed by atoms with Crippen molar-refractivity contribution >= 4 is 43.1 Å². The van der Waals surface area contributed by atoms with Gasteiger partial charge in [0.2, 0.25) is 0 Å². The number of esters is 2. The van der Waals surface area contributed by atoms with Crippen LogP contribution in [0.15, 0.2) is 23.3 Å². The van der Waals surface area contributed by atoms with Crippen molar-refractivity contribution in [2.24, 2.45) is 22.7 Å². The number of ether oxygens (including phenoxy) is 2. The first-order chi connectivity index (χ1) is 15.5. The number of phenols is 1. The average Bonchev–Trinajstić information content (AvgIpc) is 2.74. The summed E-state index contributed by atoms with van der Waals surface area (Å²) in [5.74, 6) is -3.16. The monoisotopic (exact) mass is 491 g/mol. The number of carbonyl (C=O) groups is 2. The first-order valence-electron chi connectivity index (χ1n) is 11.3. The van der Waals surface area contributed by atoms with Gasteiger partial charge in [0, 0.05) is 25.6 Å². The lowest BCUT2D eigenvalue weighted by molar-refractivity contribution is -0.163. The van der Waals surface area contributed by atoms with Crippen LogP contribution in [0.2, 0.25) is 25.7 Å². The van der Waals surface area contributed by atoms with Gasteiger partial charge in [-0.15, -0.1) is 0 Å². The standard InChI is InChI=1S/C23H33N3O5SSi/c1-5-8-30-22(29)20-18-15-11-13(27)6-7-14(15)16(12-17(18)25-26-23(24)32)19(20)21(28)31-9-10-33(2,3)4/h6-7,11,16,18-20,27H,5,8-10,12H2,1-4H3,(H3,24,26,32)/b25-17+/t16?,18-,19-,20-/m1/s1. The molecule has 4 N–H and O–H groups in total. The second-order valence-corrected chi connectivity index (χ2v) is 15.9. The second-order valence-electron chi connectivity index (χ2n) is 9.88. The zero-order valence-electron chi connectivity index (χ0n) is 19.6. The Morgan fingerprint density at radius 2 is 1.85 bits per heavy atom. The first kappa shape index (κ1) is 25.2. The quantitative estimate of drug-likeness (QED) is 0.219. The highest BCUT2D eigenvalue weighted by Crippen LogP contribution is 2.55. The fraction of sp³-hybridized carbons (Fsp3) is 0.565. The van der Waals surface area contributed by atoms with Crippen LogP contribution in [0.1, 0.15) is 42.7 Å². The number of thiocarbonyl (C=S) groups is 1. The third kappa shape index (κ3) is 5.73. The van der Waals surface area contributed by atoms with Crippen molar-refractivity contribution in [1.29, 1.82) is 0 Å². The highest BCUT2D eigenvalue weighted by molar-refractivity contribution is 7.80. The molecule has 1 aromatic carbocycles. The summed E-state index contributed by atoms with van der Waals surface area (Å²) in [7, 11) is -1.39. The molecule has 1 saturated carbocycles. The number of rotatable bonds is 8. The van der Waals surface area contributed by atoms with E-state index < -0.39 is 31.8 Å². The Labute approximate surface area is 200 Å². The van der Waals surface area contributed by atoms with E-state index in [-0.39, 0.29) is 29.4 Å². The molecule has 1 fully saturated rings. The van der Waals surface area contributed by atoms with Crippen LogP contribution in [0.5, 0.6) is 5.75 Å². The minimum absolute atomic E-state index is 0.00694. The maximum atomic E-state index is 13.4. The van der Waals surface area contributed by atoms with Gasteiger partial charge in [0.05, 0.1) is 25.0 Å². The number of hydrogen-bond acceptors (Lipinski definition) is 7. The van der Waals surface area contributed by atoms with Crippen LogP contribution in [-0.2, 0) is 19.1 Å². The SMILES string of the molecule is CCCOC(=O)[C@H]1[C@H](C(=O)OCC[Si](C)(C)C)C2C/C(=N\NC(N)=S)[C@H]1c1cc(O)ccc12. The van der Waals surface area contributed by atoms with E-state index in [4.69, 9.17) is 27.4 Å². The summed E-state index contributed by atoms with van der Waals surface area (Å²) >= 11 is 4.89. The van der Waals surface area contributed by atoms with E-state index in [1.807, 2.05) is 13.0 Å². The summed E-state index contributed by atoms with van der Waals surface area (Å²) in [6.45, 7) is 9.16. The molecule has 0 aromatic heterocycles. The Balaban J connectivity index is 2.03. The predicted octanol–water partition coefficient (Wildman–Crippen LogP) is 3.23. The molecule has 0 heterocycles. The normalized spacial score (nSPS) is 24.8. The number of hydrogen-bond donors (Lipinski definition) is 3. The Kier molecular flexibility index (Phi) is 7.79. The van der Waals surface area contributed by atoms with E-state index >= 15 is 0 Å². The predicted molar refractivity (Wildman–Crippen MR) is 133 cm³/mol. The highest BCUT2D eigenvalue weighted by atomic mass is 32.1. The molecule has 1 unspecified atom stereocenters. The van der Waals surface area contributed by atoms with Gasteiger partial charge < -0.3 is 20.3 Å². The largest absolute Gasteiger partial charge is 0.508 e. The van der Waals surface area contributed by atoms with E-state index in [2.05, 4.69) is 30.2 Å². The van der Waals surface area contributed by atoms with Gasteiger partial charge in [0.1, 0.15) is 5.75 Å². The van der Waals surface area contributed by atoms with E-state index in [0.29, 0.717) is 25.2 Å². The van der Waals surface area contributed by atoms with Crippen molar-refractivity contribution in [2.75, 3.05) is 13.2 Å². The summed E-state index contributed by atoms with van der Waals surface area (Å²) in [6.07, 6.45) is 1.11. The maximum absolute atomic E-state index is 13.4. The van der Waals surface area contributed by atoms with Gasteiger partial charge >= 0.3 is 11.9 Å². The molecule has 4 atom stereocenters. The third-order valence-corrected chi connectivity index (χ3v) is 7.97. The minimum Gasteiger partial charge on any atom is -0.508 e. The molecular formula is C23H33N3O5SSi. The van der Waals surface area contributed by atoms with Crippen LogP contribution in [0, 0.1) is 11.8 Å². The van der Waals surface area contributed by atoms with Crippen LogP contribution >= 0.6 is 12.2 Å². The van der Waals surface area contributed by atoms with Gasteiger partial charge in [-0.3, -0.25) is 15.0 Å². The molecule has 0 saturated heterocycles. The molecule has 4 rings (SSSR count). The lowest BCUT2D eigenvalue weighted by atomic mass is 9.55. The van der Waals surface area contributed by atoms with Crippen molar-refractivity contribution in [1.82, 2.24) is 5.43 Å². The number of phenolic OH excluding ortho intramolecular Hbond substituents is 1. The van der Waals surface area contributed by atoms with Gasteiger partial charge in [-0.2, -0.15) is 5.10 Å². The van der Waals surface area contributed by atoms with Crippen molar-refractivity contribution in [3.8, 4) is 5.75 Å². The van der Waals surface area contributed by atoms with Crippen LogP contribution in [0.3, 0.4) is 0 Å². The molecule has 8 nitrogen and oxygen atoms in total. The zero-order valence-corrected chi connectivity index (χ0v) is 21.4. The summed E-state index contributed by atoms with van der Waals surface area (Å²) < 4.78 is 11.2. The number of aromatic hydroxyl groups is 1. The average molecular weight is 492 g/mol. The van der Waals surface area contributed by atoms with Crippen molar-refractivity contribution in [3.05, 3.63) is 29.3 Å². The molecule has 0 spiro atoms. The van der Waals surface area contributed by atoms with Gasteiger partial charge in [0.25, 0.3) is 0 Å². The van der Waals surface area contributed by atoms with Crippen molar-refractivity contribution in [3.63, 3.8) is 0 Å². The Hall–Kier alpha value is -2.46. The first-order valence-corrected chi connectivity index (χ1v) is 15.4. The molecule has 1 aromatic rings. The van der Waals surface area contributed by atoms with E-state index in [9.17, 15) is 14.7 Å². The Morgan fingerprint density at radius 1 is 1.18 bits per heavy atom. The molecule has 3 aliphatic carbocycles. The zero-order chi connectivity index (χ0) is 24.3. The Morgan fingerprint density at radius 3 is 2.48 bits per heavy atom. The van der Waals surface area contributed by atoms with Gasteiger partial charge in [0.15, 0.2) is 5.11 Å². The number of nitrogens with one attached hydrogen (secondary N) is 1. The number of nitrogens with zero attached hydrogens (tertiary/aromatic N) is 1. The van der Waals surface area contributed by atoms with E-state index in [1.165, 1.54) is 0 Å². The van der Waals surface area contributed by atoms with Crippen LogP contribution in [-0.4, -0.2) is 49.2 Å². The van der Waals surface area contributed by atoms with Gasteiger partial charge in [-0.25, -0.2) is 0 Å². The number of benzene rings is 1. The lowest BCUT2D eigenvalue weighted by Crippen LogP contribution is -2.51. The van der Waals surface area contributed by atoms with Crippen LogP contribution in [0.4, 0.5) is 0 Å². The van der Waals surface area contributed by atoms with Crippen molar-refractivity contribution < 1.29 is 24.2 Å². The molecule has 0 amide bonds. The molecule has 2 bridgehead atoms. The van der Waals surface area contributed by atoms with Gasteiger partial charge in [-0.1, -0.05) is 32.6 Å². The number of hydrazone groups is 1. The lowest BCUT2D eigenvalue weighted by Gasteiger charge is -2.47. The summed E-state index contributed by atoms with van der Waals surface area (Å²) in [4.78, 5) is 26.6. The third-order valence-electron chi connectivity index (χ3n) is 6.17. The minimum atomic E-state index is -1.39. The summed E-state index contributed by atoms with van der Waals surface area (Å²) in [6, 6.07) is 5.90. The van der Waals surface area contributed by atoms with E-state index in [1.54, 1.807) is 12.1 Å². The van der Waals surface area contributed by atoms with Crippen LogP contribution in [0.25, 0.3) is 0 Å². The maximum Gasteiger partial charge on any atom is 0.310 e. The molecule has 180 valence electrons. The molecule has 3 aliphatic rings. The van der Waals surface area contributed by atoms with Gasteiger partial charge in [-0.05, 0) is 54.4 Å². The number of carbonyl (C=O) groups excluding carboxylic acids is 2. The molecule has 10 heteroatoms. The van der Waals surface area contributed by atoms with Crippen molar-refractivity contribution in [2.45, 2.75) is 57.3 Å². The topological polar surface area (TPSA) is 123 Å². The molecular weight excluding hydrogens is 458 g/mol. The summed E-state index contributed by atoms with van der Waals surface area (Å²) in [5.41, 5.74) is 10.5. The fourth-order valence-corrected chi connectivity index (χ4v) is 5.44.